The molecular weight excluding hydrogens is 258 g/mol. The largest absolute Gasteiger partial charge is 0.409 e. The summed E-state index contributed by atoms with van der Waals surface area (Å²) in [6, 6.07) is 7.18. The van der Waals surface area contributed by atoms with Crippen molar-refractivity contribution in [2.24, 2.45) is 22.7 Å². The van der Waals surface area contributed by atoms with Gasteiger partial charge in [0.25, 0.3) is 0 Å². The molecule has 5 N–H and O–H groups in total. The zero-order valence-electron chi connectivity index (χ0n) is 11.7. The topological polar surface area (TPSA) is 108 Å². The third-order valence-corrected chi connectivity index (χ3v) is 3.01. The molecule has 1 rings (SSSR count). The van der Waals surface area contributed by atoms with Crippen LogP contribution in [0.3, 0.4) is 0 Å². The fourth-order valence-corrected chi connectivity index (χ4v) is 1.94. The first-order valence-corrected chi connectivity index (χ1v) is 6.47. The molecule has 0 aliphatic heterocycles. The number of aliphatic hydroxyl groups is 1. The van der Waals surface area contributed by atoms with Gasteiger partial charge in [0.15, 0.2) is 5.84 Å². The molecule has 110 valence electrons. The molecule has 1 aromatic rings. The molecular formula is C14H21N3O3. The van der Waals surface area contributed by atoms with Gasteiger partial charge >= 0.3 is 0 Å². The zero-order valence-corrected chi connectivity index (χ0v) is 11.7. The molecule has 0 aliphatic carbocycles. The number of amidine groups is 1. The third-order valence-electron chi connectivity index (χ3n) is 3.01. The molecule has 0 fully saturated rings. The number of benzene rings is 1. The van der Waals surface area contributed by atoms with Crippen molar-refractivity contribution in [1.82, 2.24) is 0 Å². The molecule has 0 saturated carbocycles. The van der Waals surface area contributed by atoms with Crippen molar-refractivity contribution in [3.8, 4) is 0 Å². The Morgan fingerprint density at radius 2 is 1.95 bits per heavy atom. The van der Waals surface area contributed by atoms with Crippen LogP contribution in [0.25, 0.3) is 0 Å². The molecule has 1 amide bonds. The highest BCUT2D eigenvalue weighted by molar-refractivity contribution is 6.07. The fraction of sp³-hybridized carbons (Fsp3) is 0.429. The lowest BCUT2D eigenvalue weighted by Gasteiger charge is -2.18. The van der Waals surface area contributed by atoms with Gasteiger partial charge in [0.1, 0.15) is 5.92 Å². The van der Waals surface area contributed by atoms with Crippen molar-refractivity contribution >= 4 is 17.4 Å². The minimum absolute atomic E-state index is 0.0837. The Morgan fingerprint density at radius 3 is 2.40 bits per heavy atom. The Kier molecular flexibility index (Phi) is 5.99. The van der Waals surface area contributed by atoms with Crippen LogP contribution in [-0.2, 0) is 11.2 Å². The summed E-state index contributed by atoms with van der Waals surface area (Å²) >= 11 is 0. The highest BCUT2D eigenvalue weighted by Crippen LogP contribution is 2.16. The lowest BCUT2D eigenvalue weighted by molar-refractivity contribution is -0.119. The van der Waals surface area contributed by atoms with Crippen LogP contribution in [0.1, 0.15) is 19.4 Å². The number of anilines is 1. The van der Waals surface area contributed by atoms with Crippen LogP contribution in [0.5, 0.6) is 0 Å². The molecule has 0 aromatic heterocycles. The summed E-state index contributed by atoms with van der Waals surface area (Å²) < 4.78 is 0. The summed E-state index contributed by atoms with van der Waals surface area (Å²) in [5.41, 5.74) is 7.17. The second-order valence-electron chi connectivity index (χ2n) is 4.91. The minimum Gasteiger partial charge on any atom is -0.409 e. The summed E-state index contributed by atoms with van der Waals surface area (Å²) in [7, 11) is 0. The SMILES string of the molecule is CC(C)C(C(=O)Nc1ccc(CCO)cc1)C(N)=NO. The standard InChI is InChI=1S/C14H21N3O3/c1-9(2)12(13(15)17-20)14(19)16-11-5-3-10(4-6-11)7-8-18/h3-6,9,12,18,20H,7-8H2,1-2H3,(H2,15,17)(H,16,19). The molecule has 0 heterocycles. The molecule has 6 nitrogen and oxygen atoms in total. The summed E-state index contributed by atoms with van der Waals surface area (Å²) in [5, 5.41) is 23.2. The smallest absolute Gasteiger partial charge is 0.235 e. The molecule has 0 spiro atoms. The van der Waals surface area contributed by atoms with Crippen molar-refractivity contribution < 1.29 is 15.1 Å². The van der Waals surface area contributed by atoms with Gasteiger partial charge in [-0.15, -0.1) is 0 Å². The zero-order chi connectivity index (χ0) is 15.1. The van der Waals surface area contributed by atoms with Crippen molar-refractivity contribution in [3.05, 3.63) is 29.8 Å². The van der Waals surface area contributed by atoms with E-state index >= 15 is 0 Å². The predicted octanol–water partition coefficient (Wildman–Crippen LogP) is 1.18. The van der Waals surface area contributed by atoms with E-state index in [1.54, 1.807) is 12.1 Å². The Hall–Kier alpha value is -2.08. The Labute approximate surface area is 118 Å². The molecule has 0 saturated heterocycles. The molecule has 1 atom stereocenters. The first-order valence-electron chi connectivity index (χ1n) is 6.47. The Morgan fingerprint density at radius 1 is 1.35 bits per heavy atom. The number of hydrogen-bond donors (Lipinski definition) is 4. The normalized spacial score (nSPS) is 13.3. The van der Waals surface area contributed by atoms with E-state index in [0.29, 0.717) is 12.1 Å². The number of carbonyl (C=O) groups is 1. The highest BCUT2D eigenvalue weighted by Gasteiger charge is 2.26. The van der Waals surface area contributed by atoms with Crippen LogP contribution < -0.4 is 11.1 Å². The summed E-state index contributed by atoms with van der Waals surface area (Å²) in [6.45, 7) is 3.74. The number of carbonyl (C=O) groups excluding carboxylic acids is 1. The maximum absolute atomic E-state index is 12.1. The van der Waals surface area contributed by atoms with Gasteiger partial charge in [-0.3, -0.25) is 4.79 Å². The van der Waals surface area contributed by atoms with E-state index in [1.807, 2.05) is 26.0 Å². The first-order chi connectivity index (χ1) is 9.49. The van der Waals surface area contributed by atoms with E-state index in [0.717, 1.165) is 5.56 Å². The summed E-state index contributed by atoms with van der Waals surface area (Å²) in [5.74, 6) is -1.18. The van der Waals surface area contributed by atoms with E-state index in [-0.39, 0.29) is 24.3 Å². The Balaban J connectivity index is 2.78. The van der Waals surface area contributed by atoms with Crippen LogP contribution in [0.4, 0.5) is 5.69 Å². The minimum atomic E-state index is -0.683. The van der Waals surface area contributed by atoms with Crippen LogP contribution in [0.15, 0.2) is 29.4 Å². The summed E-state index contributed by atoms with van der Waals surface area (Å²) in [6.07, 6.45) is 0.576. The molecule has 0 bridgehead atoms. The van der Waals surface area contributed by atoms with Gasteiger partial charge in [-0.05, 0) is 30.0 Å². The molecule has 1 aromatic carbocycles. The van der Waals surface area contributed by atoms with Crippen LogP contribution in [0.2, 0.25) is 0 Å². The maximum Gasteiger partial charge on any atom is 0.235 e. The number of nitrogens with one attached hydrogen (secondary N) is 1. The first kappa shape index (κ1) is 16.0. The highest BCUT2D eigenvalue weighted by atomic mass is 16.4. The molecule has 20 heavy (non-hydrogen) atoms. The number of nitrogens with two attached hydrogens (primary N) is 1. The van der Waals surface area contributed by atoms with Crippen molar-refractivity contribution in [2.45, 2.75) is 20.3 Å². The number of nitrogens with zero attached hydrogens (tertiary/aromatic N) is 1. The molecule has 6 heteroatoms. The average Bonchev–Trinajstić information content (AvgIpc) is 2.40. The number of aliphatic hydroxyl groups excluding tert-OH is 1. The van der Waals surface area contributed by atoms with E-state index in [9.17, 15) is 4.79 Å². The van der Waals surface area contributed by atoms with E-state index in [4.69, 9.17) is 16.0 Å². The van der Waals surface area contributed by atoms with Crippen LogP contribution in [-0.4, -0.2) is 28.7 Å². The van der Waals surface area contributed by atoms with Gasteiger partial charge in [-0.2, -0.15) is 0 Å². The van der Waals surface area contributed by atoms with Gasteiger partial charge in [-0.25, -0.2) is 0 Å². The van der Waals surface area contributed by atoms with Crippen LogP contribution in [0, 0.1) is 11.8 Å². The van der Waals surface area contributed by atoms with E-state index in [2.05, 4.69) is 10.5 Å². The van der Waals surface area contributed by atoms with Crippen molar-refractivity contribution in [2.75, 3.05) is 11.9 Å². The number of amides is 1. The monoisotopic (exact) mass is 279 g/mol. The lowest BCUT2D eigenvalue weighted by atomic mass is 9.93. The number of oxime groups is 1. The van der Waals surface area contributed by atoms with Gasteiger partial charge in [0.05, 0.1) is 0 Å². The van der Waals surface area contributed by atoms with E-state index < -0.39 is 5.92 Å². The van der Waals surface area contributed by atoms with Gasteiger partial charge in [0, 0.05) is 12.3 Å². The second kappa shape index (κ2) is 7.49. The van der Waals surface area contributed by atoms with E-state index in [1.165, 1.54) is 0 Å². The molecule has 0 aliphatic rings. The maximum atomic E-state index is 12.1. The number of rotatable bonds is 6. The molecule has 0 radical (unpaired) electrons. The van der Waals surface area contributed by atoms with Crippen LogP contribution >= 0.6 is 0 Å². The second-order valence-corrected chi connectivity index (χ2v) is 4.91. The third kappa shape index (κ3) is 4.24. The lowest BCUT2D eigenvalue weighted by Crippen LogP contribution is -2.38. The summed E-state index contributed by atoms with van der Waals surface area (Å²) in [4.78, 5) is 12.1. The van der Waals surface area contributed by atoms with Gasteiger partial charge in [0.2, 0.25) is 5.91 Å². The Bertz CT molecular complexity index is 469. The van der Waals surface area contributed by atoms with Gasteiger partial charge in [-0.1, -0.05) is 31.1 Å². The average molecular weight is 279 g/mol. The van der Waals surface area contributed by atoms with Crippen molar-refractivity contribution in [1.29, 1.82) is 0 Å². The van der Waals surface area contributed by atoms with Crippen molar-refractivity contribution in [3.63, 3.8) is 0 Å². The fourth-order valence-electron chi connectivity index (χ4n) is 1.94. The molecule has 1 unspecified atom stereocenters. The quantitative estimate of drug-likeness (QED) is 0.271. The predicted molar refractivity (Wildman–Crippen MR) is 77.6 cm³/mol. The van der Waals surface area contributed by atoms with Gasteiger partial charge < -0.3 is 21.4 Å². The number of hydrogen-bond acceptors (Lipinski definition) is 4.